The number of fused-ring (bicyclic) bond motifs is 1. The van der Waals surface area contributed by atoms with E-state index in [-0.39, 0.29) is 5.43 Å². The second-order valence-electron chi connectivity index (χ2n) is 6.75. The van der Waals surface area contributed by atoms with Crippen molar-refractivity contribution in [1.82, 2.24) is 0 Å². The van der Waals surface area contributed by atoms with E-state index in [1.54, 1.807) is 0 Å². The van der Waals surface area contributed by atoms with Gasteiger partial charge in [0.1, 0.15) is 11.3 Å². The lowest BCUT2D eigenvalue weighted by atomic mass is 10.1. The van der Waals surface area contributed by atoms with Gasteiger partial charge in [-0.25, -0.2) is 0 Å². The highest BCUT2D eigenvalue weighted by molar-refractivity contribution is 6.89. The Kier molecular flexibility index (Phi) is 3.53. The van der Waals surface area contributed by atoms with Gasteiger partial charge in [-0.1, -0.05) is 61.6 Å². The van der Waals surface area contributed by atoms with Crippen molar-refractivity contribution >= 4 is 24.2 Å². The Morgan fingerprint density at radius 1 is 0.955 bits per heavy atom. The van der Waals surface area contributed by atoms with Gasteiger partial charge in [-0.3, -0.25) is 4.79 Å². The van der Waals surface area contributed by atoms with Crippen molar-refractivity contribution in [1.29, 1.82) is 0 Å². The highest BCUT2D eigenvalue weighted by atomic mass is 28.3. The van der Waals surface area contributed by atoms with E-state index in [1.165, 1.54) is 0 Å². The number of benzene rings is 2. The Labute approximate surface area is 131 Å². The van der Waals surface area contributed by atoms with Gasteiger partial charge in [-0.2, -0.15) is 0 Å². The third-order valence-electron chi connectivity index (χ3n) is 3.83. The number of aryl methyl sites for hydroxylation is 1. The Morgan fingerprint density at radius 3 is 2.27 bits per heavy atom. The largest absolute Gasteiger partial charge is 0.456 e. The van der Waals surface area contributed by atoms with Crippen LogP contribution >= 0.6 is 0 Å². The van der Waals surface area contributed by atoms with Gasteiger partial charge in [0.25, 0.3) is 0 Å². The Balaban J connectivity index is 2.46. The summed E-state index contributed by atoms with van der Waals surface area (Å²) in [6, 6.07) is 15.7. The SMILES string of the molecule is Cc1ccc2oc(-c3ccccc3)c([Si](C)(C)C)c(=O)c2c1. The molecule has 0 saturated heterocycles. The first-order valence-electron chi connectivity index (χ1n) is 7.51. The first-order chi connectivity index (χ1) is 10.4. The van der Waals surface area contributed by atoms with Crippen molar-refractivity contribution in [2.75, 3.05) is 0 Å². The van der Waals surface area contributed by atoms with E-state index in [2.05, 4.69) is 19.6 Å². The molecule has 1 heterocycles. The highest BCUT2D eigenvalue weighted by Gasteiger charge is 2.27. The van der Waals surface area contributed by atoms with Crippen LogP contribution in [0.1, 0.15) is 5.56 Å². The minimum absolute atomic E-state index is 0.128. The lowest BCUT2D eigenvalue weighted by molar-refractivity contribution is 0.622. The summed E-state index contributed by atoms with van der Waals surface area (Å²) >= 11 is 0. The molecule has 0 amide bonds. The molecule has 0 radical (unpaired) electrons. The Morgan fingerprint density at radius 2 is 1.64 bits per heavy atom. The summed E-state index contributed by atoms with van der Waals surface area (Å²) < 4.78 is 6.18. The molecule has 112 valence electrons. The van der Waals surface area contributed by atoms with Gasteiger partial charge in [0.15, 0.2) is 5.43 Å². The molecule has 0 spiro atoms. The van der Waals surface area contributed by atoms with Crippen LogP contribution in [0.5, 0.6) is 0 Å². The molecular formula is C19H20O2Si. The molecule has 0 aliphatic carbocycles. The maximum absolute atomic E-state index is 13.1. The van der Waals surface area contributed by atoms with Crippen LogP contribution in [-0.4, -0.2) is 8.07 Å². The maximum atomic E-state index is 13.1. The molecule has 22 heavy (non-hydrogen) atoms. The molecule has 0 aliphatic heterocycles. The maximum Gasteiger partial charge on any atom is 0.192 e. The zero-order valence-corrected chi connectivity index (χ0v) is 14.4. The van der Waals surface area contributed by atoms with E-state index in [0.717, 1.165) is 22.1 Å². The van der Waals surface area contributed by atoms with Crippen molar-refractivity contribution in [3.8, 4) is 11.3 Å². The van der Waals surface area contributed by atoms with Crippen molar-refractivity contribution in [2.45, 2.75) is 26.6 Å². The van der Waals surface area contributed by atoms with Crippen LogP contribution < -0.4 is 10.6 Å². The number of rotatable bonds is 2. The minimum Gasteiger partial charge on any atom is -0.456 e. The third kappa shape index (κ3) is 2.53. The molecule has 2 aromatic carbocycles. The standard InChI is InChI=1S/C19H20O2Si/c1-13-10-11-16-15(12-13)17(20)19(22(2,3)4)18(21-16)14-8-6-5-7-9-14/h5-12H,1-4H3. The van der Waals surface area contributed by atoms with Gasteiger partial charge >= 0.3 is 0 Å². The van der Waals surface area contributed by atoms with Gasteiger partial charge in [0.2, 0.25) is 0 Å². The van der Waals surface area contributed by atoms with Crippen molar-refractivity contribution in [3.05, 3.63) is 64.3 Å². The van der Waals surface area contributed by atoms with E-state index in [9.17, 15) is 4.79 Å². The van der Waals surface area contributed by atoms with Crippen LogP contribution in [0.3, 0.4) is 0 Å². The zero-order chi connectivity index (χ0) is 15.9. The second-order valence-corrected chi connectivity index (χ2v) is 11.8. The fourth-order valence-corrected chi connectivity index (χ4v) is 4.48. The molecule has 1 aromatic heterocycles. The Bertz CT molecular complexity index is 887. The average Bonchev–Trinajstić information content (AvgIpc) is 2.47. The van der Waals surface area contributed by atoms with E-state index < -0.39 is 8.07 Å². The second kappa shape index (κ2) is 5.25. The molecule has 0 fully saturated rings. The van der Waals surface area contributed by atoms with Gasteiger partial charge in [-0.05, 0) is 19.1 Å². The first kappa shape index (κ1) is 14.8. The van der Waals surface area contributed by atoms with Crippen LogP contribution in [0.15, 0.2) is 57.7 Å². The fourth-order valence-electron chi connectivity index (χ4n) is 2.78. The summed E-state index contributed by atoms with van der Waals surface area (Å²) in [5, 5.41) is 1.56. The van der Waals surface area contributed by atoms with Crippen LogP contribution in [0.4, 0.5) is 0 Å². The normalized spacial score (nSPS) is 11.8. The lowest BCUT2D eigenvalue weighted by Crippen LogP contribution is -2.48. The summed E-state index contributed by atoms with van der Waals surface area (Å²) in [4.78, 5) is 13.1. The van der Waals surface area contributed by atoms with E-state index in [0.29, 0.717) is 11.0 Å². The quantitative estimate of drug-likeness (QED) is 0.660. The van der Waals surface area contributed by atoms with Crippen LogP contribution in [0.2, 0.25) is 19.6 Å². The Hall–Kier alpha value is -2.13. The predicted molar refractivity (Wildman–Crippen MR) is 95.6 cm³/mol. The van der Waals surface area contributed by atoms with Crippen LogP contribution in [0.25, 0.3) is 22.3 Å². The summed E-state index contributed by atoms with van der Waals surface area (Å²) in [6.45, 7) is 8.56. The van der Waals surface area contributed by atoms with Gasteiger partial charge in [0.05, 0.1) is 13.5 Å². The summed E-state index contributed by atoms with van der Waals surface area (Å²) in [7, 11) is -1.85. The summed E-state index contributed by atoms with van der Waals surface area (Å²) in [5.74, 6) is 0.737. The molecule has 0 bridgehead atoms. The lowest BCUT2D eigenvalue weighted by Gasteiger charge is -2.20. The topological polar surface area (TPSA) is 30.2 Å². The molecule has 0 N–H and O–H groups in total. The molecule has 2 nitrogen and oxygen atoms in total. The highest BCUT2D eigenvalue weighted by Crippen LogP contribution is 2.23. The van der Waals surface area contributed by atoms with Crippen LogP contribution in [-0.2, 0) is 0 Å². The van der Waals surface area contributed by atoms with Crippen molar-refractivity contribution in [2.24, 2.45) is 0 Å². The molecule has 0 atom stereocenters. The smallest absolute Gasteiger partial charge is 0.192 e. The predicted octanol–water partition coefficient (Wildman–Crippen LogP) is 4.31. The number of hydrogen-bond acceptors (Lipinski definition) is 2. The zero-order valence-electron chi connectivity index (χ0n) is 13.4. The van der Waals surface area contributed by atoms with Gasteiger partial charge in [-0.15, -0.1) is 0 Å². The van der Waals surface area contributed by atoms with Crippen molar-refractivity contribution < 1.29 is 4.42 Å². The van der Waals surface area contributed by atoms with Crippen LogP contribution in [0, 0.1) is 6.92 Å². The molecule has 3 heteroatoms. The van der Waals surface area contributed by atoms with E-state index >= 15 is 0 Å². The van der Waals surface area contributed by atoms with Gasteiger partial charge < -0.3 is 4.42 Å². The molecule has 0 aliphatic rings. The number of hydrogen-bond donors (Lipinski definition) is 0. The van der Waals surface area contributed by atoms with E-state index in [4.69, 9.17) is 4.42 Å². The van der Waals surface area contributed by atoms with Gasteiger partial charge in [0, 0.05) is 10.8 Å². The monoisotopic (exact) mass is 308 g/mol. The first-order valence-corrected chi connectivity index (χ1v) is 11.0. The van der Waals surface area contributed by atoms with Crippen molar-refractivity contribution in [3.63, 3.8) is 0 Å². The average molecular weight is 308 g/mol. The molecule has 3 aromatic rings. The molecular weight excluding hydrogens is 288 g/mol. The molecule has 3 rings (SSSR count). The third-order valence-corrected chi connectivity index (χ3v) is 5.79. The van der Waals surface area contributed by atoms with E-state index in [1.807, 2.05) is 55.5 Å². The molecule has 0 saturated carbocycles. The fraction of sp³-hybridized carbons (Fsp3) is 0.211. The summed E-state index contributed by atoms with van der Waals surface area (Å²) in [5.41, 5.74) is 2.84. The molecule has 0 unspecified atom stereocenters. The summed E-state index contributed by atoms with van der Waals surface area (Å²) in [6.07, 6.45) is 0. The minimum atomic E-state index is -1.85.